The van der Waals surface area contributed by atoms with Crippen molar-refractivity contribution in [3.8, 4) is 0 Å². The van der Waals surface area contributed by atoms with E-state index in [1.165, 1.54) is 10.8 Å². The molecule has 1 aliphatic rings. The quantitative estimate of drug-likeness (QED) is 0.549. The van der Waals surface area contributed by atoms with Gasteiger partial charge >= 0.3 is 0 Å². The summed E-state index contributed by atoms with van der Waals surface area (Å²) in [6.07, 6.45) is 3.60. The number of rotatable bonds is 4. The van der Waals surface area contributed by atoms with Crippen molar-refractivity contribution in [3.63, 3.8) is 0 Å². The zero-order valence-corrected chi connectivity index (χ0v) is 16.9. The van der Waals surface area contributed by atoms with Crippen molar-refractivity contribution < 1.29 is 4.79 Å². The van der Waals surface area contributed by atoms with Crippen LogP contribution in [-0.4, -0.2) is 52.7 Å². The summed E-state index contributed by atoms with van der Waals surface area (Å²) in [7, 11) is 1.85. The van der Waals surface area contributed by atoms with Crippen LogP contribution in [0.1, 0.15) is 12.5 Å². The molecule has 7 nitrogen and oxygen atoms in total. The molecule has 0 bridgehead atoms. The van der Waals surface area contributed by atoms with E-state index in [1.807, 2.05) is 37.2 Å². The van der Waals surface area contributed by atoms with Crippen LogP contribution in [0.4, 0.5) is 5.69 Å². The molecule has 1 fully saturated rings. The van der Waals surface area contributed by atoms with E-state index in [4.69, 9.17) is 4.99 Å². The molecule has 3 aromatic rings. The van der Waals surface area contributed by atoms with E-state index in [1.54, 1.807) is 15.8 Å². The number of nitrogens with zero attached hydrogens (tertiary/aromatic N) is 5. The van der Waals surface area contributed by atoms with E-state index in [0.29, 0.717) is 19.6 Å². The van der Waals surface area contributed by atoms with E-state index in [0.717, 1.165) is 30.3 Å². The molecule has 1 aromatic heterocycles. The number of aromatic nitrogens is 2. The summed E-state index contributed by atoms with van der Waals surface area (Å²) in [5.74, 6) is 0.834. The second-order valence-electron chi connectivity index (χ2n) is 7.19. The second-order valence-corrected chi connectivity index (χ2v) is 7.19. The van der Waals surface area contributed by atoms with Crippen molar-refractivity contribution in [2.24, 2.45) is 12.0 Å². The average molecular weight is 390 g/mol. The highest BCUT2D eigenvalue weighted by atomic mass is 16.2. The molecule has 1 saturated heterocycles. The molecule has 0 spiro atoms. The normalized spacial score (nSPS) is 15.2. The Balaban J connectivity index is 1.47. The largest absolute Gasteiger partial charge is 0.356 e. The molecular weight excluding hydrogens is 364 g/mol. The Labute approximate surface area is 170 Å². The highest BCUT2D eigenvalue weighted by Crippen LogP contribution is 2.18. The van der Waals surface area contributed by atoms with Crippen LogP contribution in [0.25, 0.3) is 10.8 Å². The first-order valence-electron chi connectivity index (χ1n) is 9.94. The molecule has 0 atom stereocenters. The molecule has 29 heavy (non-hydrogen) atoms. The van der Waals surface area contributed by atoms with E-state index >= 15 is 0 Å². The molecule has 1 N–H and O–H groups in total. The highest BCUT2D eigenvalue weighted by Gasteiger charge is 2.27. The Kier molecular flexibility index (Phi) is 5.46. The molecule has 4 rings (SSSR count). The number of nitrogens with one attached hydrogen (secondary N) is 1. The minimum Gasteiger partial charge on any atom is -0.356 e. The molecule has 0 radical (unpaired) electrons. The number of piperazine rings is 1. The van der Waals surface area contributed by atoms with Gasteiger partial charge in [-0.2, -0.15) is 5.10 Å². The number of aliphatic imine (C=N–C) groups is 1. The number of hydrogen-bond acceptors (Lipinski definition) is 3. The number of carbonyl (C=O) groups is 1. The number of guanidine groups is 1. The fourth-order valence-electron chi connectivity index (χ4n) is 3.60. The van der Waals surface area contributed by atoms with E-state index in [-0.39, 0.29) is 5.91 Å². The molecule has 0 aliphatic carbocycles. The zero-order chi connectivity index (χ0) is 20.2. The standard InChI is InChI=1S/C22H26N6O/c1-3-23-22(24-13-17-8-9-18-6-4-5-7-19(18)12-17)27-10-11-28(21(29)16-27)20-14-25-26(2)15-20/h4-9,12,14-15H,3,10-11,13,16H2,1-2H3,(H,23,24). The van der Waals surface area contributed by atoms with Crippen molar-refractivity contribution in [1.82, 2.24) is 20.0 Å². The fraction of sp³-hybridized carbons (Fsp3) is 0.318. The zero-order valence-electron chi connectivity index (χ0n) is 16.9. The first-order valence-corrected chi connectivity index (χ1v) is 9.94. The summed E-state index contributed by atoms with van der Waals surface area (Å²) in [4.78, 5) is 21.3. The van der Waals surface area contributed by atoms with Gasteiger partial charge in [0, 0.05) is 32.9 Å². The minimum absolute atomic E-state index is 0.0561. The van der Waals surface area contributed by atoms with Gasteiger partial charge in [-0.05, 0) is 29.3 Å². The summed E-state index contributed by atoms with van der Waals surface area (Å²) in [6.45, 7) is 5.02. The average Bonchev–Trinajstić information content (AvgIpc) is 3.17. The molecule has 2 aromatic carbocycles. The Bertz CT molecular complexity index is 1040. The van der Waals surface area contributed by atoms with Gasteiger partial charge in [-0.25, -0.2) is 4.99 Å². The first-order chi connectivity index (χ1) is 14.1. The topological polar surface area (TPSA) is 65.8 Å². The van der Waals surface area contributed by atoms with Crippen LogP contribution in [0.3, 0.4) is 0 Å². The third-order valence-corrected chi connectivity index (χ3v) is 5.08. The monoisotopic (exact) mass is 390 g/mol. The maximum atomic E-state index is 12.7. The number of hydrogen-bond donors (Lipinski definition) is 1. The molecule has 0 saturated carbocycles. The predicted molar refractivity (Wildman–Crippen MR) is 116 cm³/mol. The lowest BCUT2D eigenvalue weighted by atomic mass is 10.1. The third-order valence-electron chi connectivity index (χ3n) is 5.08. The summed E-state index contributed by atoms with van der Waals surface area (Å²) in [5.41, 5.74) is 2.00. The van der Waals surface area contributed by atoms with Gasteiger partial charge in [-0.15, -0.1) is 0 Å². The predicted octanol–water partition coefficient (Wildman–Crippen LogP) is 2.39. The van der Waals surface area contributed by atoms with Gasteiger partial charge in [0.05, 0.1) is 18.4 Å². The van der Waals surface area contributed by atoms with Gasteiger partial charge in [0.2, 0.25) is 5.91 Å². The Morgan fingerprint density at radius 1 is 1.17 bits per heavy atom. The van der Waals surface area contributed by atoms with E-state index in [9.17, 15) is 4.79 Å². The van der Waals surface area contributed by atoms with Crippen molar-refractivity contribution in [3.05, 3.63) is 60.4 Å². The van der Waals surface area contributed by atoms with Crippen molar-refractivity contribution >= 4 is 28.3 Å². The van der Waals surface area contributed by atoms with Crippen LogP contribution in [-0.2, 0) is 18.4 Å². The maximum Gasteiger partial charge on any atom is 0.246 e. The lowest BCUT2D eigenvalue weighted by molar-refractivity contribution is -0.120. The summed E-state index contributed by atoms with van der Waals surface area (Å²) < 4.78 is 1.71. The Morgan fingerprint density at radius 3 is 2.72 bits per heavy atom. The van der Waals surface area contributed by atoms with Crippen LogP contribution < -0.4 is 10.2 Å². The molecular formula is C22H26N6O. The van der Waals surface area contributed by atoms with Gasteiger partial charge in [-0.3, -0.25) is 9.48 Å². The van der Waals surface area contributed by atoms with Gasteiger partial charge in [0.25, 0.3) is 0 Å². The minimum atomic E-state index is 0.0561. The number of aryl methyl sites for hydroxylation is 1. The van der Waals surface area contributed by atoms with E-state index in [2.05, 4.69) is 40.7 Å². The summed E-state index contributed by atoms with van der Waals surface area (Å²) in [5, 5.41) is 9.93. The van der Waals surface area contributed by atoms with Gasteiger partial charge in [0.15, 0.2) is 5.96 Å². The van der Waals surface area contributed by atoms with Gasteiger partial charge in [-0.1, -0.05) is 36.4 Å². The number of fused-ring (bicyclic) bond motifs is 1. The Morgan fingerprint density at radius 2 is 2.00 bits per heavy atom. The van der Waals surface area contributed by atoms with Crippen molar-refractivity contribution in [1.29, 1.82) is 0 Å². The molecule has 0 unspecified atom stereocenters. The highest BCUT2D eigenvalue weighted by molar-refractivity contribution is 5.98. The number of anilines is 1. The number of amides is 1. The smallest absolute Gasteiger partial charge is 0.246 e. The lowest BCUT2D eigenvalue weighted by Gasteiger charge is -2.35. The first kappa shape index (κ1) is 19.0. The van der Waals surface area contributed by atoms with Crippen molar-refractivity contribution in [2.45, 2.75) is 13.5 Å². The third kappa shape index (κ3) is 4.23. The lowest BCUT2D eigenvalue weighted by Crippen LogP contribution is -2.55. The molecule has 1 aliphatic heterocycles. The van der Waals surface area contributed by atoms with Gasteiger partial charge in [0.1, 0.15) is 6.54 Å². The second kappa shape index (κ2) is 8.34. The number of benzene rings is 2. The van der Waals surface area contributed by atoms with Gasteiger partial charge < -0.3 is 15.1 Å². The van der Waals surface area contributed by atoms with Crippen molar-refractivity contribution in [2.75, 3.05) is 31.1 Å². The maximum absolute atomic E-state index is 12.7. The van der Waals surface area contributed by atoms with Crippen LogP contribution in [0.2, 0.25) is 0 Å². The molecule has 1 amide bonds. The molecule has 2 heterocycles. The SMILES string of the molecule is CCNC(=NCc1ccc2ccccc2c1)N1CCN(c2cnn(C)c2)C(=O)C1. The molecule has 150 valence electrons. The van der Waals surface area contributed by atoms with Crippen LogP contribution >= 0.6 is 0 Å². The number of carbonyl (C=O) groups excluding carboxylic acids is 1. The Hall–Kier alpha value is -3.35. The van der Waals surface area contributed by atoms with Crippen LogP contribution in [0.5, 0.6) is 0 Å². The van der Waals surface area contributed by atoms with Crippen LogP contribution in [0.15, 0.2) is 59.9 Å². The fourth-order valence-corrected chi connectivity index (χ4v) is 3.60. The summed E-state index contributed by atoms with van der Waals surface area (Å²) >= 11 is 0. The van der Waals surface area contributed by atoms with E-state index < -0.39 is 0 Å². The van der Waals surface area contributed by atoms with Crippen LogP contribution in [0, 0.1) is 0 Å². The molecule has 7 heteroatoms. The summed E-state index contributed by atoms with van der Waals surface area (Å²) in [6, 6.07) is 14.7.